The molecular formula is C15H20ClN3. The molecule has 0 aliphatic rings. The first-order chi connectivity index (χ1) is 9.08. The summed E-state index contributed by atoms with van der Waals surface area (Å²) in [4.78, 5) is 0. The Labute approximate surface area is 119 Å². The van der Waals surface area contributed by atoms with Crippen molar-refractivity contribution in [3.05, 3.63) is 45.7 Å². The van der Waals surface area contributed by atoms with E-state index in [0.29, 0.717) is 6.54 Å². The van der Waals surface area contributed by atoms with Crippen LogP contribution in [0.4, 0.5) is 0 Å². The van der Waals surface area contributed by atoms with E-state index in [0.717, 1.165) is 34.8 Å². The van der Waals surface area contributed by atoms with Gasteiger partial charge in [0.15, 0.2) is 0 Å². The maximum absolute atomic E-state index is 6.29. The Morgan fingerprint density at radius 3 is 2.58 bits per heavy atom. The van der Waals surface area contributed by atoms with Crippen LogP contribution in [0.1, 0.15) is 29.4 Å². The van der Waals surface area contributed by atoms with Gasteiger partial charge in [-0.25, -0.2) is 4.68 Å². The van der Waals surface area contributed by atoms with E-state index in [4.69, 9.17) is 17.3 Å². The fourth-order valence-electron chi connectivity index (χ4n) is 2.46. The highest BCUT2D eigenvalue weighted by Gasteiger charge is 2.12. The van der Waals surface area contributed by atoms with Crippen LogP contribution in [0.3, 0.4) is 0 Å². The average Bonchev–Trinajstić information content (AvgIpc) is 2.67. The Morgan fingerprint density at radius 1 is 1.32 bits per heavy atom. The number of hydrogen-bond donors (Lipinski definition) is 1. The van der Waals surface area contributed by atoms with Crippen LogP contribution in [0.2, 0.25) is 5.02 Å². The van der Waals surface area contributed by atoms with Crippen LogP contribution < -0.4 is 5.73 Å². The molecule has 1 heterocycles. The van der Waals surface area contributed by atoms with Crippen molar-refractivity contribution in [2.45, 2.75) is 33.6 Å². The summed E-state index contributed by atoms with van der Waals surface area (Å²) in [5.74, 6) is 0. The second-order valence-electron chi connectivity index (χ2n) is 4.73. The zero-order valence-corrected chi connectivity index (χ0v) is 12.5. The van der Waals surface area contributed by atoms with Crippen molar-refractivity contribution in [3.63, 3.8) is 0 Å². The molecule has 1 aromatic carbocycles. The molecule has 0 fully saturated rings. The number of nitrogens with zero attached hydrogens (tertiary/aromatic N) is 2. The topological polar surface area (TPSA) is 43.8 Å². The molecule has 0 saturated heterocycles. The van der Waals surface area contributed by atoms with Crippen LogP contribution in [0.15, 0.2) is 18.2 Å². The molecule has 0 radical (unpaired) electrons. The minimum atomic E-state index is 0.610. The predicted octanol–water partition coefficient (Wildman–Crippen LogP) is 3.21. The van der Waals surface area contributed by atoms with E-state index in [2.05, 4.69) is 25.0 Å². The molecular weight excluding hydrogens is 258 g/mol. The summed E-state index contributed by atoms with van der Waals surface area (Å²) in [6, 6.07) is 6.05. The van der Waals surface area contributed by atoms with E-state index < -0.39 is 0 Å². The average molecular weight is 278 g/mol. The fourth-order valence-corrected chi connectivity index (χ4v) is 2.73. The molecule has 0 unspecified atom stereocenters. The van der Waals surface area contributed by atoms with Crippen molar-refractivity contribution in [2.24, 2.45) is 5.73 Å². The van der Waals surface area contributed by atoms with Gasteiger partial charge in [-0.3, -0.25) is 0 Å². The summed E-state index contributed by atoms with van der Waals surface area (Å²) in [5.41, 5.74) is 11.2. The lowest BCUT2D eigenvalue weighted by molar-refractivity contribution is 0.831. The number of halogens is 1. The van der Waals surface area contributed by atoms with Crippen molar-refractivity contribution >= 4 is 11.6 Å². The molecule has 4 heteroatoms. The van der Waals surface area contributed by atoms with Gasteiger partial charge < -0.3 is 5.73 Å². The number of benzene rings is 1. The van der Waals surface area contributed by atoms with E-state index in [1.54, 1.807) is 0 Å². The van der Waals surface area contributed by atoms with E-state index in [1.165, 1.54) is 11.3 Å². The monoisotopic (exact) mass is 277 g/mol. The SMILES string of the molecule is CCc1c(C)nn(-c2ccc(CCN)c(Cl)c2)c1C. The maximum atomic E-state index is 6.29. The number of rotatable bonds is 4. The lowest BCUT2D eigenvalue weighted by atomic mass is 10.1. The molecule has 0 bridgehead atoms. The summed E-state index contributed by atoms with van der Waals surface area (Å²) >= 11 is 6.29. The Bertz CT molecular complexity index is 587. The van der Waals surface area contributed by atoms with E-state index in [9.17, 15) is 0 Å². The van der Waals surface area contributed by atoms with Crippen LogP contribution in [0, 0.1) is 13.8 Å². The third kappa shape index (κ3) is 2.67. The molecule has 2 aromatic rings. The zero-order valence-electron chi connectivity index (χ0n) is 11.7. The molecule has 19 heavy (non-hydrogen) atoms. The van der Waals surface area contributed by atoms with Gasteiger partial charge in [0.1, 0.15) is 0 Å². The van der Waals surface area contributed by atoms with Gasteiger partial charge >= 0.3 is 0 Å². The zero-order chi connectivity index (χ0) is 14.0. The van der Waals surface area contributed by atoms with E-state index in [1.807, 2.05) is 23.7 Å². The lowest BCUT2D eigenvalue weighted by Crippen LogP contribution is -2.04. The maximum Gasteiger partial charge on any atom is 0.0663 e. The minimum absolute atomic E-state index is 0.610. The van der Waals surface area contributed by atoms with E-state index in [-0.39, 0.29) is 0 Å². The molecule has 0 aliphatic heterocycles. The van der Waals surface area contributed by atoms with Gasteiger partial charge in [0.2, 0.25) is 0 Å². The molecule has 0 spiro atoms. The molecule has 0 saturated carbocycles. The number of aromatic nitrogens is 2. The number of aryl methyl sites for hydroxylation is 1. The fraction of sp³-hybridized carbons (Fsp3) is 0.400. The van der Waals surface area contributed by atoms with Gasteiger partial charge in [-0.15, -0.1) is 0 Å². The van der Waals surface area contributed by atoms with Crippen LogP contribution in [0.25, 0.3) is 5.69 Å². The first-order valence-electron chi connectivity index (χ1n) is 6.62. The molecule has 2 N–H and O–H groups in total. The predicted molar refractivity (Wildman–Crippen MR) is 80.2 cm³/mol. The second-order valence-corrected chi connectivity index (χ2v) is 5.14. The number of hydrogen-bond acceptors (Lipinski definition) is 2. The lowest BCUT2D eigenvalue weighted by Gasteiger charge is -2.08. The van der Waals surface area contributed by atoms with Crippen LogP contribution in [0.5, 0.6) is 0 Å². The van der Waals surface area contributed by atoms with Gasteiger partial charge in [0.25, 0.3) is 0 Å². The van der Waals surface area contributed by atoms with Gasteiger partial charge in [-0.05, 0) is 56.5 Å². The number of nitrogens with two attached hydrogens (primary N) is 1. The van der Waals surface area contributed by atoms with E-state index >= 15 is 0 Å². The Hall–Kier alpha value is -1.32. The quantitative estimate of drug-likeness (QED) is 0.933. The molecule has 0 atom stereocenters. The second kappa shape index (κ2) is 5.76. The minimum Gasteiger partial charge on any atom is -0.330 e. The molecule has 102 valence electrons. The standard InChI is InChI=1S/C15H20ClN3/c1-4-14-10(2)18-19(11(14)3)13-6-5-12(7-8-17)15(16)9-13/h5-6,9H,4,7-8,17H2,1-3H3. The van der Waals surface area contributed by atoms with Gasteiger partial charge in [-0.1, -0.05) is 24.6 Å². The third-order valence-electron chi connectivity index (χ3n) is 3.49. The highest BCUT2D eigenvalue weighted by Crippen LogP contribution is 2.23. The smallest absolute Gasteiger partial charge is 0.0663 e. The highest BCUT2D eigenvalue weighted by atomic mass is 35.5. The van der Waals surface area contributed by atoms with Crippen molar-refractivity contribution in [2.75, 3.05) is 6.54 Å². The summed E-state index contributed by atoms with van der Waals surface area (Å²) in [6.45, 7) is 6.91. The molecule has 3 nitrogen and oxygen atoms in total. The Morgan fingerprint density at radius 2 is 2.05 bits per heavy atom. The molecule has 2 rings (SSSR count). The highest BCUT2D eigenvalue weighted by molar-refractivity contribution is 6.31. The van der Waals surface area contributed by atoms with Crippen molar-refractivity contribution < 1.29 is 0 Å². The van der Waals surface area contributed by atoms with Crippen LogP contribution >= 0.6 is 11.6 Å². The van der Waals surface area contributed by atoms with Gasteiger partial charge in [-0.2, -0.15) is 5.10 Å². The molecule has 0 aliphatic carbocycles. The first kappa shape index (κ1) is 14.1. The first-order valence-corrected chi connectivity index (χ1v) is 7.00. The molecule has 1 aromatic heterocycles. The van der Waals surface area contributed by atoms with Crippen LogP contribution in [-0.4, -0.2) is 16.3 Å². The third-order valence-corrected chi connectivity index (χ3v) is 3.84. The van der Waals surface area contributed by atoms with Crippen molar-refractivity contribution in [1.82, 2.24) is 9.78 Å². The summed E-state index contributed by atoms with van der Waals surface area (Å²) in [6.07, 6.45) is 1.80. The van der Waals surface area contributed by atoms with Crippen molar-refractivity contribution in [3.8, 4) is 5.69 Å². The summed E-state index contributed by atoms with van der Waals surface area (Å²) in [7, 11) is 0. The Balaban J connectivity index is 2.45. The normalized spacial score (nSPS) is 11.0. The summed E-state index contributed by atoms with van der Waals surface area (Å²) < 4.78 is 1.96. The Kier molecular flexibility index (Phi) is 4.27. The summed E-state index contributed by atoms with van der Waals surface area (Å²) in [5, 5.41) is 5.36. The van der Waals surface area contributed by atoms with Crippen LogP contribution in [-0.2, 0) is 12.8 Å². The van der Waals surface area contributed by atoms with Crippen molar-refractivity contribution in [1.29, 1.82) is 0 Å². The molecule has 0 amide bonds. The van der Waals surface area contributed by atoms with Gasteiger partial charge in [0, 0.05) is 10.7 Å². The largest absolute Gasteiger partial charge is 0.330 e. The van der Waals surface area contributed by atoms with Gasteiger partial charge in [0.05, 0.1) is 11.4 Å².